The number of hydrogen-bond acceptors (Lipinski definition) is 5. The van der Waals surface area contributed by atoms with Crippen LogP contribution in [0.15, 0.2) is 18.2 Å². The maximum Gasteiger partial charge on any atom is 0.319 e. The van der Waals surface area contributed by atoms with Crippen molar-refractivity contribution in [2.75, 3.05) is 36.2 Å². The summed E-state index contributed by atoms with van der Waals surface area (Å²) in [6.45, 7) is 0.636. The van der Waals surface area contributed by atoms with Crippen molar-refractivity contribution >= 4 is 46.7 Å². The maximum absolute atomic E-state index is 12.3. The Morgan fingerprint density at radius 1 is 1.09 bits per heavy atom. The molecule has 9 heteroatoms. The third-order valence-corrected chi connectivity index (χ3v) is 7.33. The first-order chi connectivity index (χ1) is 15.9. The fourth-order valence-corrected chi connectivity index (χ4v) is 5.05. The summed E-state index contributed by atoms with van der Waals surface area (Å²) in [5, 5.41) is 10.1. The smallest absolute Gasteiger partial charge is 0.319 e. The predicted molar refractivity (Wildman–Crippen MR) is 136 cm³/mol. The summed E-state index contributed by atoms with van der Waals surface area (Å²) in [4.78, 5) is 24.0. The van der Waals surface area contributed by atoms with Crippen LogP contribution < -0.4 is 20.9 Å². The van der Waals surface area contributed by atoms with E-state index in [9.17, 15) is 4.79 Å². The molecule has 33 heavy (non-hydrogen) atoms. The molecule has 1 aromatic heterocycles. The summed E-state index contributed by atoms with van der Waals surface area (Å²) >= 11 is 12.1. The highest BCUT2D eigenvalue weighted by atomic mass is 35.5. The lowest BCUT2D eigenvalue weighted by atomic mass is 9.86. The average Bonchev–Trinajstić information content (AvgIpc) is 2.81. The van der Waals surface area contributed by atoms with Gasteiger partial charge in [-0.05, 0) is 69.4 Å². The number of nitrogens with zero attached hydrogens (tertiary/aromatic N) is 3. The lowest BCUT2D eigenvalue weighted by Crippen LogP contribution is -2.36. The second-order valence-electron chi connectivity index (χ2n) is 9.20. The summed E-state index contributed by atoms with van der Waals surface area (Å²) in [6.07, 6.45) is 8.67. The quantitative estimate of drug-likeness (QED) is 0.496. The second kappa shape index (κ2) is 10.8. The molecule has 0 saturated heterocycles. The number of urea groups is 1. The Bertz CT molecular complexity index is 991. The molecule has 0 atom stereocenters. The van der Waals surface area contributed by atoms with Crippen LogP contribution in [0.3, 0.4) is 0 Å². The van der Waals surface area contributed by atoms with Gasteiger partial charge in [-0.1, -0.05) is 29.3 Å². The summed E-state index contributed by atoms with van der Waals surface area (Å²) in [5.41, 5.74) is 3.02. The van der Waals surface area contributed by atoms with Gasteiger partial charge in [-0.25, -0.2) is 9.78 Å². The largest absolute Gasteiger partial charge is 0.362 e. The van der Waals surface area contributed by atoms with Gasteiger partial charge < -0.3 is 20.9 Å². The van der Waals surface area contributed by atoms with Gasteiger partial charge in [-0.2, -0.15) is 4.98 Å². The van der Waals surface area contributed by atoms with E-state index in [0.29, 0.717) is 34.2 Å². The number of hydrogen-bond donors (Lipinski definition) is 3. The molecule has 0 bridgehead atoms. The van der Waals surface area contributed by atoms with Gasteiger partial charge in [0.15, 0.2) is 0 Å². The molecule has 1 heterocycles. The molecule has 1 fully saturated rings. The Morgan fingerprint density at radius 3 is 2.61 bits per heavy atom. The molecule has 0 unspecified atom stereocenters. The van der Waals surface area contributed by atoms with Gasteiger partial charge in [0.05, 0.1) is 21.4 Å². The van der Waals surface area contributed by atoms with Crippen LogP contribution in [0, 0.1) is 5.92 Å². The molecule has 1 aromatic carbocycles. The van der Waals surface area contributed by atoms with Crippen LogP contribution >= 0.6 is 23.2 Å². The first-order valence-electron chi connectivity index (χ1n) is 11.7. The molecule has 2 aliphatic rings. The number of carbonyl (C=O) groups excluding carboxylic acids is 1. The first-order valence-corrected chi connectivity index (χ1v) is 12.5. The van der Waals surface area contributed by atoms with E-state index in [0.717, 1.165) is 50.3 Å². The van der Waals surface area contributed by atoms with Gasteiger partial charge in [0.2, 0.25) is 5.95 Å². The van der Waals surface area contributed by atoms with Crippen LogP contribution in [-0.4, -0.2) is 42.7 Å². The van der Waals surface area contributed by atoms with Crippen LogP contribution in [0.4, 0.5) is 22.2 Å². The first kappa shape index (κ1) is 23.9. The van der Waals surface area contributed by atoms with Crippen molar-refractivity contribution < 1.29 is 4.79 Å². The van der Waals surface area contributed by atoms with E-state index in [1.807, 2.05) is 0 Å². The van der Waals surface area contributed by atoms with Gasteiger partial charge in [0, 0.05) is 32.2 Å². The van der Waals surface area contributed by atoms with Crippen LogP contribution in [0.25, 0.3) is 0 Å². The molecule has 178 valence electrons. The number of rotatable bonds is 6. The van der Waals surface area contributed by atoms with Gasteiger partial charge in [0.1, 0.15) is 5.82 Å². The van der Waals surface area contributed by atoms with Gasteiger partial charge in [0.25, 0.3) is 0 Å². The van der Waals surface area contributed by atoms with Crippen LogP contribution in [-0.2, 0) is 12.8 Å². The number of anilines is 3. The van der Waals surface area contributed by atoms with E-state index in [-0.39, 0.29) is 6.03 Å². The Balaban J connectivity index is 1.26. The molecule has 7 nitrogen and oxygen atoms in total. The Labute approximate surface area is 205 Å². The van der Waals surface area contributed by atoms with Crippen molar-refractivity contribution in [3.05, 3.63) is 39.5 Å². The zero-order chi connectivity index (χ0) is 23.4. The highest BCUT2D eigenvalue weighted by Crippen LogP contribution is 2.31. The minimum atomic E-state index is -0.266. The molecule has 3 N–H and O–H groups in total. The predicted octanol–water partition coefficient (Wildman–Crippen LogP) is 5.52. The average molecular weight is 491 g/mol. The van der Waals surface area contributed by atoms with E-state index in [4.69, 9.17) is 33.2 Å². The lowest BCUT2D eigenvalue weighted by molar-refractivity contribution is 0.246. The zero-order valence-corrected chi connectivity index (χ0v) is 20.8. The summed E-state index contributed by atoms with van der Waals surface area (Å²) in [7, 11) is 4.10. The fourth-order valence-electron chi connectivity index (χ4n) is 4.71. The third kappa shape index (κ3) is 6.01. The molecular formula is C24H32Cl2N6O. The molecule has 1 saturated carbocycles. The third-order valence-electron chi connectivity index (χ3n) is 6.52. The van der Waals surface area contributed by atoms with E-state index in [2.05, 4.69) is 34.9 Å². The standard InChI is InChI=1S/C24H32Cl2N6O/c1-32(2)22-17-6-3-4-8-19(17)29-23(31-22)28-16-12-10-15(11-13-16)14-27-24(33)30-20-9-5-7-18(25)21(20)26/h5,7,9,15-16H,3-4,6,8,10-14H2,1-2H3,(H2,27,30,33)(H,28,29,31). The topological polar surface area (TPSA) is 82.2 Å². The number of halogens is 2. The summed E-state index contributed by atoms with van der Waals surface area (Å²) in [5.74, 6) is 2.25. The van der Waals surface area contributed by atoms with Gasteiger partial charge in [-0.15, -0.1) is 0 Å². The fraction of sp³-hybridized carbons (Fsp3) is 0.542. The molecule has 2 amide bonds. The number of nitrogens with one attached hydrogen (secondary N) is 3. The van der Waals surface area contributed by atoms with Crippen molar-refractivity contribution in [3.8, 4) is 0 Å². The Morgan fingerprint density at radius 2 is 1.85 bits per heavy atom. The highest BCUT2D eigenvalue weighted by molar-refractivity contribution is 6.43. The SMILES string of the molecule is CN(C)c1nc(NC2CCC(CNC(=O)Nc3cccc(Cl)c3Cl)CC2)nc2c1CCCC2. The number of fused-ring (bicyclic) bond motifs is 1. The summed E-state index contributed by atoms with van der Waals surface area (Å²) in [6, 6.07) is 5.27. The van der Waals surface area contributed by atoms with Crippen LogP contribution in [0.5, 0.6) is 0 Å². The van der Waals surface area contributed by atoms with Crippen LogP contribution in [0.2, 0.25) is 10.0 Å². The minimum absolute atomic E-state index is 0.266. The van der Waals surface area contributed by atoms with Crippen molar-refractivity contribution in [1.82, 2.24) is 15.3 Å². The normalized spacial score (nSPS) is 20.0. The maximum atomic E-state index is 12.3. The minimum Gasteiger partial charge on any atom is -0.362 e. The number of aryl methyl sites for hydroxylation is 1. The zero-order valence-electron chi connectivity index (χ0n) is 19.3. The van der Waals surface area contributed by atoms with E-state index in [1.54, 1.807) is 18.2 Å². The van der Waals surface area contributed by atoms with E-state index in [1.165, 1.54) is 24.1 Å². The van der Waals surface area contributed by atoms with Gasteiger partial charge in [-0.3, -0.25) is 0 Å². The second-order valence-corrected chi connectivity index (χ2v) is 9.98. The molecule has 2 aliphatic carbocycles. The van der Waals surface area contributed by atoms with Crippen molar-refractivity contribution in [3.63, 3.8) is 0 Å². The Hall–Kier alpha value is -2.25. The number of amides is 2. The molecule has 0 radical (unpaired) electrons. The molecule has 2 aromatic rings. The van der Waals surface area contributed by atoms with Crippen molar-refractivity contribution in [2.45, 2.75) is 57.4 Å². The monoisotopic (exact) mass is 490 g/mol. The number of benzene rings is 1. The molecular weight excluding hydrogens is 459 g/mol. The van der Waals surface area contributed by atoms with Crippen LogP contribution in [0.1, 0.15) is 49.8 Å². The van der Waals surface area contributed by atoms with E-state index >= 15 is 0 Å². The highest BCUT2D eigenvalue weighted by Gasteiger charge is 2.24. The van der Waals surface area contributed by atoms with Crippen molar-refractivity contribution in [1.29, 1.82) is 0 Å². The summed E-state index contributed by atoms with van der Waals surface area (Å²) < 4.78 is 0. The molecule has 0 aliphatic heterocycles. The molecule has 0 spiro atoms. The van der Waals surface area contributed by atoms with Gasteiger partial charge >= 0.3 is 6.03 Å². The number of aromatic nitrogens is 2. The number of carbonyl (C=O) groups is 1. The Kier molecular flexibility index (Phi) is 7.81. The lowest BCUT2D eigenvalue weighted by Gasteiger charge is -2.30. The molecule has 4 rings (SSSR count). The van der Waals surface area contributed by atoms with Crippen molar-refractivity contribution in [2.24, 2.45) is 5.92 Å². The van der Waals surface area contributed by atoms with E-state index < -0.39 is 0 Å².